The number of aliphatic hydroxyl groups is 1. The van der Waals surface area contributed by atoms with Crippen LogP contribution in [0.2, 0.25) is 0 Å². The molecular formula is C12H14N2O3. The van der Waals surface area contributed by atoms with E-state index in [-0.39, 0.29) is 25.8 Å². The second kappa shape index (κ2) is 7.14. The fourth-order valence-electron chi connectivity index (χ4n) is 1.10. The Kier molecular flexibility index (Phi) is 5.41. The number of hydrogen-bond donors (Lipinski definition) is 3. The fourth-order valence-corrected chi connectivity index (χ4v) is 1.10. The van der Waals surface area contributed by atoms with E-state index >= 15 is 0 Å². The fraction of sp³-hybridized carbons (Fsp3) is 0.250. The van der Waals surface area contributed by atoms with Gasteiger partial charge in [-0.05, 0) is 24.3 Å². The molecule has 0 radical (unpaired) electrons. The second-order valence-electron chi connectivity index (χ2n) is 3.12. The molecule has 0 bridgehead atoms. The Morgan fingerprint density at radius 3 is 2.71 bits per heavy atom. The second-order valence-corrected chi connectivity index (χ2v) is 3.12. The van der Waals surface area contributed by atoms with Gasteiger partial charge in [-0.1, -0.05) is 5.92 Å². The Morgan fingerprint density at radius 1 is 1.41 bits per heavy atom. The van der Waals surface area contributed by atoms with Crippen molar-refractivity contribution >= 4 is 11.7 Å². The summed E-state index contributed by atoms with van der Waals surface area (Å²) in [6, 6.07) is 6.45. The van der Waals surface area contributed by atoms with Crippen LogP contribution >= 0.6 is 0 Å². The van der Waals surface area contributed by atoms with E-state index in [9.17, 15) is 4.79 Å². The molecule has 0 saturated carbocycles. The van der Waals surface area contributed by atoms with Crippen LogP contribution in [0, 0.1) is 12.3 Å². The van der Waals surface area contributed by atoms with Gasteiger partial charge < -0.3 is 20.5 Å². The standard InChI is InChI=1S/C12H14N2O3/c1-2-9-17-11-5-3-10(4-6-11)14-12(16)13-7-8-15/h1,3-6,15H,7-9H2,(H2,13,14,16). The van der Waals surface area contributed by atoms with Crippen molar-refractivity contribution in [3.63, 3.8) is 0 Å². The molecule has 0 atom stereocenters. The van der Waals surface area contributed by atoms with Crippen LogP contribution in [0.1, 0.15) is 0 Å². The van der Waals surface area contributed by atoms with E-state index < -0.39 is 0 Å². The molecule has 0 spiro atoms. The van der Waals surface area contributed by atoms with Crippen LogP contribution in [-0.4, -0.2) is 30.9 Å². The molecule has 5 heteroatoms. The Morgan fingerprint density at radius 2 is 2.12 bits per heavy atom. The van der Waals surface area contributed by atoms with Crippen LogP contribution < -0.4 is 15.4 Å². The van der Waals surface area contributed by atoms with E-state index in [1.54, 1.807) is 24.3 Å². The molecule has 5 nitrogen and oxygen atoms in total. The average molecular weight is 234 g/mol. The Bertz CT molecular complexity index is 395. The van der Waals surface area contributed by atoms with E-state index in [0.717, 1.165) is 0 Å². The Balaban J connectivity index is 2.45. The number of rotatable bonds is 5. The predicted octanol–water partition coefficient (Wildman–Crippen LogP) is 0.812. The first-order valence-corrected chi connectivity index (χ1v) is 5.08. The number of benzene rings is 1. The van der Waals surface area contributed by atoms with Gasteiger partial charge in [0.15, 0.2) is 0 Å². The molecule has 0 heterocycles. The maximum Gasteiger partial charge on any atom is 0.319 e. The van der Waals surface area contributed by atoms with Crippen molar-refractivity contribution in [1.29, 1.82) is 0 Å². The number of terminal acetylenes is 1. The van der Waals surface area contributed by atoms with Gasteiger partial charge in [-0.3, -0.25) is 0 Å². The number of hydrogen-bond acceptors (Lipinski definition) is 3. The van der Waals surface area contributed by atoms with E-state index in [2.05, 4.69) is 16.6 Å². The number of anilines is 1. The number of amides is 2. The molecule has 1 rings (SSSR count). The number of ether oxygens (including phenoxy) is 1. The van der Waals surface area contributed by atoms with E-state index in [0.29, 0.717) is 11.4 Å². The first kappa shape index (κ1) is 12.9. The topological polar surface area (TPSA) is 70.6 Å². The number of carbonyl (C=O) groups excluding carboxylic acids is 1. The van der Waals surface area contributed by atoms with Crippen molar-refractivity contribution in [1.82, 2.24) is 5.32 Å². The zero-order chi connectivity index (χ0) is 12.5. The minimum Gasteiger partial charge on any atom is -0.481 e. The highest BCUT2D eigenvalue weighted by atomic mass is 16.5. The summed E-state index contributed by atoms with van der Waals surface area (Å²) in [6.07, 6.45) is 5.06. The van der Waals surface area contributed by atoms with Crippen LogP contribution in [0.15, 0.2) is 24.3 Å². The summed E-state index contributed by atoms with van der Waals surface area (Å²) in [6.45, 7) is 0.339. The summed E-state index contributed by atoms with van der Waals surface area (Å²) in [5, 5.41) is 13.6. The zero-order valence-electron chi connectivity index (χ0n) is 9.27. The van der Waals surface area contributed by atoms with Gasteiger partial charge in [0.2, 0.25) is 0 Å². The third-order valence-electron chi connectivity index (χ3n) is 1.83. The average Bonchev–Trinajstić information content (AvgIpc) is 2.35. The summed E-state index contributed by atoms with van der Waals surface area (Å²) in [5.74, 6) is 3.00. The molecule has 1 aromatic rings. The first-order chi connectivity index (χ1) is 8.26. The Hall–Kier alpha value is -2.19. The van der Waals surface area contributed by atoms with Gasteiger partial charge in [-0.15, -0.1) is 6.42 Å². The maximum absolute atomic E-state index is 11.2. The van der Waals surface area contributed by atoms with Crippen molar-refractivity contribution in [3.05, 3.63) is 24.3 Å². The number of carbonyl (C=O) groups is 1. The van der Waals surface area contributed by atoms with E-state index in [1.807, 2.05) is 0 Å². The molecule has 0 aliphatic heterocycles. The van der Waals surface area contributed by atoms with Gasteiger partial charge in [0.05, 0.1) is 6.61 Å². The van der Waals surface area contributed by atoms with Crippen LogP contribution in [0.25, 0.3) is 0 Å². The van der Waals surface area contributed by atoms with Crippen molar-refractivity contribution < 1.29 is 14.6 Å². The third-order valence-corrected chi connectivity index (χ3v) is 1.83. The number of nitrogens with one attached hydrogen (secondary N) is 2. The lowest BCUT2D eigenvalue weighted by Gasteiger charge is -2.07. The molecule has 1 aromatic carbocycles. The lowest BCUT2D eigenvalue weighted by atomic mass is 10.3. The summed E-state index contributed by atoms with van der Waals surface area (Å²) >= 11 is 0. The molecule has 3 N–H and O–H groups in total. The lowest BCUT2D eigenvalue weighted by Crippen LogP contribution is -2.30. The highest BCUT2D eigenvalue weighted by molar-refractivity contribution is 5.89. The van der Waals surface area contributed by atoms with Crippen LogP contribution in [0.4, 0.5) is 10.5 Å². The van der Waals surface area contributed by atoms with Gasteiger partial charge >= 0.3 is 6.03 Å². The highest BCUT2D eigenvalue weighted by Crippen LogP contribution is 2.15. The summed E-state index contributed by atoms with van der Waals surface area (Å²) < 4.78 is 5.18. The number of aliphatic hydroxyl groups excluding tert-OH is 1. The lowest BCUT2D eigenvalue weighted by molar-refractivity contribution is 0.245. The van der Waals surface area contributed by atoms with Crippen molar-refractivity contribution in [2.75, 3.05) is 25.1 Å². The summed E-state index contributed by atoms with van der Waals surface area (Å²) in [5.41, 5.74) is 0.633. The summed E-state index contributed by atoms with van der Waals surface area (Å²) in [4.78, 5) is 11.2. The van der Waals surface area contributed by atoms with Gasteiger partial charge in [0, 0.05) is 12.2 Å². The smallest absolute Gasteiger partial charge is 0.319 e. The molecule has 0 aliphatic carbocycles. The molecule has 2 amide bonds. The van der Waals surface area contributed by atoms with Gasteiger partial charge in [0.1, 0.15) is 12.4 Å². The highest BCUT2D eigenvalue weighted by Gasteiger charge is 2.00. The maximum atomic E-state index is 11.2. The quantitative estimate of drug-likeness (QED) is 0.660. The predicted molar refractivity (Wildman–Crippen MR) is 64.9 cm³/mol. The SMILES string of the molecule is C#CCOc1ccc(NC(=O)NCCO)cc1. The molecule has 0 saturated heterocycles. The minimum atomic E-state index is -0.364. The largest absolute Gasteiger partial charge is 0.481 e. The molecular weight excluding hydrogens is 220 g/mol. The molecule has 0 fully saturated rings. The van der Waals surface area contributed by atoms with Gasteiger partial charge in [-0.2, -0.15) is 0 Å². The van der Waals surface area contributed by atoms with Crippen molar-refractivity contribution in [3.8, 4) is 18.1 Å². The molecule has 17 heavy (non-hydrogen) atoms. The normalized spacial score (nSPS) is 9.18. The Labute approximate surface area is 99.8 Å². The van der Waals surface area contributed by atoms with Crippen LogP contribution in [0.5, 0.6) is 5.75 Å². The number of urea groups is 1. The van der Waals surface area contributed by atoms with E-state index in [1.165, 1.54) is 0 Å². The molecule has 0 aliphatic rings. The zero-order valence-corrected chi connectivity index (χ0v) is 9.27. The first-order valence-electron chi connectivity index (χ1n) is 5.08. The van der Waals surface area contributed by atoms with Crippen molar-refractivity contribution in [2.24, 2.45) is 0 Å². The summed E-state index contributed by atoms with van der Waals surface area (Å²) in [7, 11) is 0. The molecule has 0 unspecified atom stereocenters. The van der Waals surface area contributed by atoms with E-state index in [4.69, 9.17) is 16.3 Å². The monoisotopic (exact) mass is 234 g/mol. The van der Waals surface area contributed by atoms with Gasteiger partial charge in [0.25, 0.3) is 0 Å². The van der Waals surface area contributed by atoms with Crippen LogP contribution in [-0.2, 0) is 0 Å². The minimum absolute atomic E-state index is 0.0910. The van der Waals surface area contributed by atoms with Crippen LogP contribution in [0.3, 0.4) is 0 Å². The molecule has 0 aromatic heterocycles. The van der Waals surface area contributed by atoms with Crippen molar-refractivity contribution in [2.45, 2.75) is 0 Å². The molecule has 90 valence electrons. The van der Waals surface area contributed by atoms with Gasteiger partial charge in [-0.25, -0.2) is 4.79 Å². The third kappa shape index (κ3) is 4.91.